The number of nitrogens with one attached hydrogen (secondary N) is 1. The number of H-pyrrole nitrogens is 1. The van der Waals surface area contributed by atoms with Crippen LogP contribution in [0.25, 0.3) is 22.7 Å². The quantitative estimate of drug-likeness (QED) is 0.277. The first-order valence-electron chi connectivity index (χ1n) is 9.34. The molecule has 6 nitrogen and oxygen atoms in total. The van der Waals surface area contributed by atoms with Gasteiger partial charge in [0, 0.05) is 0 Å². The Bertz CT molecular complexity index is 1450. The normalized spacial score (nSPS) is 12.0. The summed E-state index contributed by atoms with van der Waals surface area (Å²) < 4.78 is 30.4. The molecule has 1 aromatic heterocycles. The average Bonchev–Trinajstić information content (AvgIpc) is 3.19. The van der Waals surface area contributed by atoms with Gasteiger partial charge in [0.15, 0.2) is 5.75 Å². The van der Waals surface area contributed by atoms with E-state index in [9.17, 15) is 13.7 Å². The topological polar surface area (TPSA) is 95.8 Å². The van der Waals surface area contributed by atoms with Gasteiger partial charge in [0.05, 0.1) is 26.7 Å². The molecule has 1 N–H and O–H groups in total. The maximum atomic E-state index is 12.6. The van der Waals surface area contributed by atoms with Crippen LogP contribution < -0.4 is 4.18 Å². The SMILES string of the molecule is Cc1ccc(S(=O)(=O)Oc2c(Cl)cc(/C=C(\C#N)c3nc4ccccc4[nH]3)cc2Cl)cc1. The maximum absolute atomic E-state index is 12.6. The summed E-state index contributed by atoms with van der Waals surface area (Å²) in [5, 5.41) is 9.58. The molecule has 3 aromatic carbocycles. The Morgan fingerprint density at radius 2 is 1.75 bits per heavy atom. The maximum Gasteiger partial charge on any atom is 0.339 e. The Labute approximate surface area is 194 Å². The van der Waals surface area contributed by atoms with Gasteiger partial charge in [-0.05, 0) is 55.0 Å². The second-order valence-electron chi connectivity index (χ2n) is 6.94. The molecule has 0 fully saturated rings. The summed E-state index contributed by atoms with van der Waals surface area (Å²) >= 11 is 12.6. The van der Waals surface area contributed by atoms with Gasteiger partial charge in [-0.25, -0.2) is 4.98 Å². The van der Waals surface area contributed by atoms with Gasteiger partial charge in [-0.1, -0.05) is 53.0 Å². The van der Waals surface area contributed by atoms with Crippen molar-refractivity contribution in [3.05, 3.63) is 87.7 Å². The summed E-state index contributed by atoms with van der Waals surface area (Å²) in [7, 11) is -4.13. The van der Waals surface area contributed by atoms with Crippen molar-refractivity contribution in [3.63, 3.8) is 0 Å². The lowest BCUT2D eigenvalue weighted by Crippen LogP contribution is -2.10. The molecule has 0 unspecified atom stereocenters. The number of imidazole rings is 1. The molecular weight excluding hydrogens is 469 g/mol. The minimum atomic E-state index is -4.13. The van der Waals surface area contributed by atoms with Crippen molar-refractivity contribution in [1.82, 2.24) is 9.97 Å². The third kappa shape index (κ3) is 4.48. The summed E-state index contributed by atoms with van der Waals surface area (Å²) in [5.74, 6) is 0.205. The molecule has 0 amide bonds. The van der Waals surface area contributed by atoms with Gasteiger partial charge in [0.25, 0.3) is 0 Å². The molecule has 0 radical (unpaired) electrons. The highest BCUT2D eigenvalue weighted by molar-refractivity contribution is 7.87. The number of nitriles is 1. The van der Waals surface area contributed by atoms with E-state index in [1.54, 1.807) is 18.2 Å². The number of para-hydroxylation sites is 2. The second-order valence-corrected chi connectivity index (χ2v) is 9.30. The van der Waals surface area contributed by atoms with E-state index in [0.29, 0.717) is 11.4 Å². The minimum absolute atomic E-state index is 0.0127. The van der Waals surface area contributed by atoms with Gasteiger partial charge >= 0.3 is 10.1 Å². The van der Waals surface area contributed by atoms with Crippen molar-refractivity contribution in [2.45, 2.75) is 11.8 Å². The second kappa shape index (κ2) is 8.67. The van der Waals surface area contributed by atoms with Crippen LogP contribution in [0.15, 0.2) is 65.6 Å². The standard InChI is InChI=1S/C23H15Cl2N3O3S/c1-14-6-8-17(9-7-14)32(29,30)31-22-18(24)11-15(12-19(22)25)10-16(13-26)23-27-20-4-2-3-5-21(20)28-23/h2-12H,1H3,(H,27,28)/b16-10+. The highest BCUT2D eigenvalue weighted by Crippen LogP contribution is 2.37. The molecular formula is C23H15Cl2N3O3S. The van der Waals surface area contributed by atoms with Crippen LogP contribution in [0.2, 0.25) is 10.0 Å². The molecule has 0 aliphatic carbocycles. The molecule has 4 rings (SSSR count). The summed E-state index contributed by atoms with van der Waals surface area (Å²) in [6.45, 7) is 1.85. The molecule has 0 saturated carbocycles. The summed E-state index contributed by atoms with van der Waals surface area (Å²) in [4.78, 5) is 7.49. The Kier molecular flexibility index (Phi) is 5.94. The smallest absolute Gasteiger partial charge is 0.339 e. The molecule has 9 heteroatoms. The molecule has 160 valence electrons. The van der Waals surface area contributed by atoms with E-state index in [1.807, 2.05) is 31.2 Å². The summed E-state index contributed by atoms with van der Waals surface area (Å²) in [6.07, 6.45) is 1.55. The average molecular weight is 484 g/mol. The van der Waals surface area contributed by atoms with E-state index >= 15 is 0 Å². The van der Waals surface area contributed by atoms with E-state index in [0.717, 1.165) is 16.6 Å². The molecule has 4 aromatic rings. The molecule has 0 aliphatic heterocycles. The van der Waals surface area contributed by atoms with Crippen LogP contribution in [-0.4, -0.2) is 18.4 Å². The molecule has 0 bridgehead atoms. The fourth-order valence-corrected chi connectivity index (χ4v) is 4.64. The highest BCUT2D eigenvalue weighted by Gasteiger charge is 2.21. The van der Waals surface area contributed by atoms with Gasteiger partial charge in [0.2, 0.25) is 0 Å². The largest absolute Gasteiger partial charge is 0.376 e. The number of hydrogen-bond donors (Lipinski definition) is 1. The molecule has 0 aliphatic rings. The van der Waals surface area contributed by atoms with Gasteiger partial charge in [-0.15, -0.1) is 0 Å². The van der Waals surface area contributed by atoms with Crippen LogP contribution in [0.1, 0.15) is 17.0 Å². The van der Waals surface area contributed by atoms with E-state index in [4.69, 9.17) is 27.4 Å². The summed E-state index contributed by atoms with van der Waals surface area (Å²) in [6, 6.07) is 18.6. The number of halogens is 2. The number of rotatable bonds is 5. The van der Waals surface area contributed by atoms with Crippen molar-refractivity contribution in [3.8, 4) is 11.8 Å². The molecule has 0 spiro atoms. The Morgan fingerprint density at radius 1 is 1.09 bits per heavy atom. The number of benzene rings is 3. The Balaban J connectivity index is 1.67. The van der Waals surface area contributed by atoms with Crippen molar-refractivity contribution >= 4 is 56.0 Å². The van der Waals surface area contributed by atoms with Crippen LogP contribution in [-0.2, 0) is 10.1 Å². The third-order valence-electron chi connectivity index (χ3n) is 4.60. The number of fused-ring (bicyclic) bond motifs is 1. The van der Waals surface area contributed by atoms with Gasteiger partial charge in [-0.3, -0.25) is 0 Å². The van der Waals surface area contributed by atoms with E-state index in [1.165, 1.54) is 24.3 Å². The zero-order valence-corrected chi connectivity index (χ0v) is 19.0. The van der Waals surface area contributed by atoms with Crippen LogP contribution in [0.4, 0.5) is 0 Å². The minimum Gasteiger partial charge on any atom is -0.376 e. The lowest BCUT2D eigenvalue weighted by atomic mass is 10.1. The lowest BCUT2D eigenvalue weighted by molar-refractivity contribution is 0.486. The fourth-order valence-electron chi connectivity index (χ4n) is 3.01. The Hall–Kier alpha value is -3.31. The number of aromatic amines is 1. The molecule has 0 saturated heterocycles. The van der Waals surface area contributed by atoms with Crippen LogP contribution in [0, 0.1) is 18.3 Å². The number of hydrogen-bond acceptors (Lipinski definition) is 5. The van der Waals surface area contributed by atoms with Crippen molar-refractivity contribution in [2.24, 2.45) is 0 Å². The van der Waals surface area contributed by atoms with Crippen molar-refractivity contribution < 1.29 is 12.6 Å². The highest BCUT2D eigenvalue weighted by atomic mass is 35.5. The lowest BCUT2D eigenvalue weighted by Gasteiger charge is -2.11. The van der Waals surface area contributed by atoms with Gasteiger partial charge in [-0.2, -0.15) is 13.7 Å². The molecule has 32 heavy (non-hydrogen) atoms. The third-order valence-corrected chi connectivity index (χ3v) is 6.40. The fraction of sp³-hybridized carbons (Fsp3) is 0.0435. The number of nitrogens with zero attached hydrogens (tertiary/aromatic N) is 2. The van der Waals surface area contributed by atoms with Crippen LogP contribution >= 0.6 is 23.2 Å². The monoisotopic (exact) mass is 483 g/mol. The number of aryl methyl sites for hydroxylation is 1. The van der Waals surface area contributed by atoms with E-state index in [-0.39, 0.29) is 26.3 Å². The first-order chi connectivity index (χ1) is 15.3. The predicted octanol–water partition coefficient (Wildman–Crippen LogP) is 6.01. The van der Waals surface area contributed by atoms with Crippen molar-refractivity contribution in [1.29, 1.82) is 5.26 Å². The van der Waals surface area contributed by atoms with E-state index < -0.39 is 10.1 Å². The molecule has 1 heterocycles. The molecule has 0 atom stereocenters. The zero-order valence-electron chi connectivity index (χ0n) is 16.6. The number of aromatic nitrogens is 2. The van der Waals surface area contributed by atoms with Crippen LogP contribution in [0.5, 0.6) is 5.75 Å². The van der Waals surface area contributed by atoms with Crippen molar-refractivity contribution in [2.75, 3.05) is 0 Å². The first kappa shape index (κ1) is 21.9. The van der Waals surface area contributed by atoms with Gasteiger partial charge < -0.3 is 9.17 Å². The Morgan fingerprint density at radius 3 is 2.38 bits per heavy atom. The summed E-state index contributed by atoms with van der Waals surface area (Å²) in [5.41, 5.74) is 3.18. The zero-order chi connectivity index (χ0) is 22.9. The first-order valence-corrected chi connectivity index (χ1v) is 11.5. The van der Waals surface area contributed by atoms with E-state index in [2.05, 4.69) is 16.0 Å². The number of allylic oxidation sites excluding steroid dienone is 1. The predicted molar refractivity (Wildman–Crippen MR) is 125 cm³/mol. The van der Waals surface area contributed by atoms with Crippen LogP contribution in [0.3, 0.4) is 0 Å². The van der Waals surface area contributed by atoms with Gasteiger partial charge in [0.1, 0.15) is 16.8 Å².